The monoisotopic (exact) mass is 395 g/mol. The van der Waals surface area contributed by atoms with Gasteiger partial charge in [-0.25, -0.2) is 15.0 Å². The summed E-state index contributed by atoms with van der Waals surface area (Å²) in [6, 6.07) is 11.9. The highest BCUT2D eigenvalue weighted by atomic mass is 19.4. The number of rotatable bonds is 4. The van der Waals surface area contributed by atoms with E-state index in [1.807, 2.05) is 24.3 Å². The second-order valence-electron chi connectivity index (χ2n) is 6.36. The van der Waals surface area contributed by atoms with E-state index in [2.05, 4.69) is 32.2 Å². The second kappa shape index (κ2) is 7.46. The molecule has 4 aromatic rings. The molecule has 0 spiro atoms. The summed E-state index contributed by atoms with van der Waals surface area (Å²) in [5.41, 5.74) is 2.82. The van der Waals surface area contributed by atoms with Crippen molar-refractivity contribution < 1.29 is 13.2 Å². The Morgan fingerprint density at radius 1 is 0.931 bits per heavy atom. The van der Waals surface area contributed by atoms with Crippen LogP contribution in [0.4, 0.5) is 24.8 Å². The summed E-state index contributed by atoms with van der Waals surface area (Å²) >= 11 is 0. The molecule has 0 atom stereocenters. The van der Waals surface area contributed by atoms with E-state index in [0.29, 0.717) is 11.5 Å². The van der Waals surface area contributed by atoms with Gasteiger partial charge in [0.05, 0.1) is 16.8 Å². The topological polar surface area (TPSA) is 63.6 Å². The minimum atomic E-state index is -4.42. The molecule has 4 rings (SSSR count). The van der Waals surface area contributed by atoms with Gasteiger partial charge >= 0.3 is 6.18 Å². The lowest BCUT2D eigenvalue weighted by Gasteiger charge is -2.12. The third-order valence-corrected chi connectivity index (χ3v) is 4.52. The van der Waals surface area contributed by atoms with Crippen LogP contribution in [0.1, 0.15) is 18.1 Å². The predicted octanol–water partition coefficient (Wildman–Crippen LogP) is 5.41. The SMILES string of the molecule is CCc1c(-c2cc(Nc3ccc(C(F)(F)F)cn3)ncn2)ccc2cccnc12. The Labute approximate surface area is 164 Å². The van der Waals surface area contributed by atoms with Gasteiger partial charge < -0.3 is 5.32 Å². The molecular weight excluding hydrogens is 379 g/mol. The minimum Gasteiger partial charge on any atom is -0.325 e. The molecule has 146 valence electrons. The van der Waals surface area contributed by atoms with E-state index in [9.17, 15) is 13.2 Å². The van der Waals surface area contributed by atoms with Crippen LogP contribution in [-0.2, 0) is 12.6 Å². The Balaban J connectivity index is 1.67. The number of halogens is 3. The van der Waals surface area contributed by atoms with Crippen molar-refractivity contribution in [1.82, 2.24) is 19.9 Å². The van der Waals surface area contributed by atoms with Gasteiger partial charge in [0, 0.05) is 29.4 Å². The number of alkyl halides is 3. The molecule has 5 nitrogen and oxygen atoms in total. The molecule has 0 radical (unpaired) electrons. The van der Waals surface area contributed by atoms with Gasteiger partial charge in [-0.05, 0) is 30.2 Å². The summed E-state index contributed by atoms with van der Waals surface area (Å²) in [7, 11) is 0. The first-order valence-electron chi connectivity index (χ1n) is 8.95. The average Bonchev–Trinajstić information content (AvgIpc) is 2.73. The molecule has 0 bridgehead atoms. The Morgan fingerprint density at radius 2 is 1.79 bits per heavy atom. The molecule has 0 unspecified atom stereocenters. The van der Waals surface area contributed by atoms with Gasteiger partial charge in [0.2, 0.25) is 0 Å². The third kappa shape index (κ3) is 3.87. The number of benzene rings is 1. The molecule has 0 amide bonds. The molecule has 0 aliphatic heterocycles. The lowest BCUT2D eigenvalue weighted by Crippen LogP contribution is -2.06. The van der Waals surface area contributed by atoms with Gasteiger partial charge in [0.1, 0.15) is 18.0 Å². The smallest absolute Gasteiger partial charge is 0.325 e. The Kier molecular flexibility index (Phi) is 4.84. The zero-order valence-corrected chi connectivity index (χ0v) is 15.4. The molecule has 1 aromatic carbocycles. The van der Waals surface area contributed by atoms with E-state index in [4.69, 9.17) is 0 Å². The number of nitrogens with one attached hydrogen (secondary N) is 1. The van der Waals surface area contributed by atoms with Gasteiger partial charge in [-0.1, -0.05) is 25.1 Å². The summed E-state index contributed by atoms with van der Waals surface area (Å²) in [6.07, 6.45) is 0.304. The van der Waals surface area contributed by atoms with Crippen molar-refractivity contribution in [3.05, 3.63) is 72.3 Å². The maximum Gasteiger partial charge on any atom is 0.417 e. The number of anilines is 2. The molecule has 3 aromatic heterocycles. The number of hydrogen-bond donors (Lipinski definition) is 1. The number of pyridine rings is 2. The van der Waals surface area contributed by atoms with Crippen LogP contribution in [-0.4, -0.2) is 19.9 Å². The highest BCUT2D eigenvalue weighted by molar-refractivity contribution is 5.88. The lowest BCUT2D eigenvalue weighted by molar-refractivity contribution is -0.137. The van der Waals surface area contributed by atoms with Gasteiger partial charge in [0.15, 0.2) is 0 Å². The van der Waals surface area contributed by atoms with Crippen molar-refractivity contribution in [3.63, 3.8) is 0 Å². The van der Waals surface area contributed by atoms with Gasteiger partial charge in [0.25, 0.3) is 0 Å². The van der Waals surface area contributed by atoms with Crippen LogP contribution in [0.3, 0.4) is 0 Å². The van der Waals surface area contributed by atoms with Gasteiger partial charge in [-0.3, -0.25) is 4.98 Å². The summed E-state index contributed by atoms with van der Waals surface area (Å²) in [5.74, 6) is 0.698. The van der Waals surface area contributed by atoms with Crippen LogP contribution >= 0.6 is 0 Å². The maximum atomic E-state index is 12.7. The van der Waals surface area contributed by atoms with Gasteiger partial charge in [-0.2, -0.15) is 13.2 Å². The van der Waals surface area contributed by atoms with E-state index in [-0.39, 0.29) is 5.82 Å². The number of hydrogen-bond acceptors (Lipinski definition) is 5. The zero-order chi connectivity index (χ0) is 20.4. The van der Waals surface area contributed by atoms with E-state index >= 15 is 0 Å². The molecule has 3 heterocycles. The number of aromatic nitrogens is 4. The molecule has 0 saturated heterocycles. The first kappa shape index (κ1) is 18.8. The van der Waals surface area contributed by atoms with Crippen LogP contribution in [0.25, 0.3) is 22.2 Å². The Bertz CT molecular complexity index is 1160. The third-order valence-electron chi connectivity index (χ3n) is 4.52. The molecular formula is C21H16F3N5. The molecule has 0 saturated carbocycles. The van der Waals surface area contributed by atoms with Crippen molar-refractivity contribution in [3.8, 4) is 11.3 Å². The van der Waals surface area contributed by atoms with Crippen molar-refractivity contribution in [2.24, 2.45) is 0 Å². The summed E-state index contributed by atoms with van der Waals surface area (Å²) in [5, 5.41) is 3.97. The number of fused-ring (bicyclic) bond motifs is 1. The summed E-state index contributed by atoms with van der Waals surface area (Å²) in [6.45, 7) is 2.05. The fourth-order valence-corrected chi connectivity index (χ4v) is 3.14. The highest BCUT2D eigenvalue weighted by Crippen LogP contribution is 2.31. The first-order valence-corrected chi connectivity index (χ1v) is 8.95. The molecule has 8 heteroatoms. The van der Waals surface area contributed by atoms with E-state index in [1.54, 1.807) is 12.3 Å². The van der Waals surface area contributed by atoms with Crippen LogP contribution in [0.2, 0.25) is 0 Å². The van der Waals surface area contributed by atoms with Crippen LogP contribution in [0.15, 0.2) is 61.2 Å². The van der Waals surface area contributed by atoms with E-state index in [0.717, 1.165) is 40.7 Å². The predicted molar refractivity (Wildman–Crippen MR) is 105 cm³/mol. The number of aryl methyl sites for hydroxylation is 1. The van der Waals surface area contributed by atoms with Crippen LogP contribution < -0.4 is 5.32 Å². The normalized spacial score (nSPS) is 11.6. The quantitative estimate of drug-likeness (QED) is 0.500. The zero-order valence-electron chi connectivity index (χ0n) is 15.4. The number of nitrogens with zero attached hydrogens (tertiary/aromatic N) is 4. The summed E-state index contributed by atoms with van der Waals surface area (Å²) < 4.78 is 38.1. The van der Waals surface area contributed by atoms with Crippen LogP contribution in [0, 0.1) is 0 Å². The average molecular weight is 395 g/mol. The Hall–Kier alpha value is -3.55. The van der Waals surface area contributed by atoms with Crippen molar-refractivity contribution in [2.45, 2.75) is 19.5 Å². The largest absolute Gasteiger partial charge is 0.417 e. The first-order chi connectivity index (χ1) is 14.0. The van der Waals surface area contributed by atoms with Crippen molar-refractivity contribution >= 4 is 22.5 Å². The van der Waals surface area contributed by atoms with E-state index in [1.165, 1.54) is 12.4 Å². The lowest BCUT2D eigenvalue weighted by atomic mass is 9.98. The minimum absolute atomic E-state index is 0.263. The fraction of sp³-hybridized carbons (Fsp3) is 0.143. The molecule has 0 aliphatic rings. The molecule has 0 aliphatic carbocycles. The van der Waals surface area contributed by atoms with Crippen LogP contribution in [0.5, 0.6) is 0 Å². The maximum absolute atomic E-state index is 12.7. The molecule has 0 fully saturated rings. The summed E-state index contributed by atoms with van der Waals surface area (Å²) in [4.78, 5) is 16.8. The van der Waals surface area contributed by atoms with Crippen molar-refractivity contribution in [1.29, 1.82) is 0 Å². The van der Waals surface area contributed by atoms with Gasteiger partial charge in [-0.15, -0.1) is 0 Å². The fourth-order valence-electron chi connectivity index (χ4n) is 3.14. The van der Waals surface area contributed by atoms with Crippen molar-refractivity contribution in [2.75, 3.05) is 5.32 Å². The van der Waals surface area contributed by atoms with E-state index < -0.39 is 11.7 Å². The highest BCUT2D eigenvalue weighted by Gasteiger charge is 2.30. The molecule has 1 N–H and O–H groups in total. The standard InChI is InChI=1S/C21H16F3N5/c1-2-15-16(7-5-13-4-3-9-25-20(13)15)17-10-19(28-12-27-17)29-18-8-6-14(11-26-18)21(22,23)24/h3-12H,2H2,1H3,(H,26,27,28,29). The Morgan fingerprint density at radius 3 is 2.52 bits per heavy atom. The second-order valence-corrected chi connectivity index (χ2v) is 6.36. The molecule has 29 heavy (non-hydrogen) atoms.